The fourth-order valence-electron chi connectivity index (χ4n) is 2.83. The molecule has 0 aliphatic carbocycles. The van der Waals surface area contributed by atoms with Gasteiger partial charge >= 0.3 is 0 Å². The van der Waals surface area contributed by atoms with E-state index in [0.717, 1.165) is 0 Å². The molecule has 32 heavy (non-hydrogen) atoms. The number of aromatic amines is 1. The minimum Gasteiger partial charge on any atom is -0.457 e. The molecule has 0 aliphatic heterocycles. The number of halogens is 1. The van der Waals surface area contributed by atoms with Crippen molar-refractivity contribution in [1.29, 1.82) is 0 Å². The summed E-state index contributed by atoms with van der Waals surface area (Å²) in [6, 6.07) is 12.6. The van der Waals surface area contributed by atoms with E-state index in [9.17, 15) is 12.8 Å². The van der Waals surface area contributed by atoms with Crippen LogP contribution in [0.2, 0.25) is 0 Å². The Bertz CT molecular complexity index is 1310. The van der Waals surface area contributed by atoms with Gasteiger partial charge in [0.15, 0.2) is 5.82 Å². The van der Waals surface area contributed by atoms with Crippen LogP contribution in [0.5, 0.6) is 11.5 Å². The number of benzene rings is 2. The zero-order valence-electron chi connectivity index (χ0n) is 16.9. The van der Waals surface area contributed by atoms with E-state index in [2.05, 4.69) is 30.2 Å². The monoisotopic (exact) mass is 454 g/mol. The Kier molecular flexibility index (Phi) is 5.99. The van der Waals surface area contributed by atoms with Crippen molar-refractivity contribution in [2.24, 2.45) is 0 Å². The van der Waals surface area contributed by atoms with Crippen molar-refractivity contribution >= 4 is 27.3 Å². The lowest BCUT2D eigenvalue weighted by atomic mass is 10.1. The van der Waals surface area contributed by atoms with Crippen molar-refractivity contribution in [3.8, 4) is 22.8 Å². The molecule has 2 heterocycles. The topological polar surface area (TPSA) is 122 Å². The summed E-state index contributed by atoms with van der Waals surface area (Å²) in [4.78, 5) is 8.12. The second-order valence-corrected chi connectivity index (χ2v) is 8.61. The van der Waals surface area contributed by atoms with Gasteiger partial charge in [0.25, 0.3) is 0 Å². The van der Waals surface area contributed by atoms with Crippen LogP contribution in [0.25, 0.3) is 11.3 Å². The van der Waals surface area contributed by atoms with E-state index in [4.69, 9.17) is 4.74 Å². The van der Waals surface area contributed by atoms with Crippen LogP contribution in [0.1, 0.15) is 6.92 Å². The Morgan fingerprint density at radius 1 is 1.09 bits per heavy atom. The smallest absolute Gasteiger partial charge is 0.232 e. The van der Waals surface area contributed by atoms with E-state index in [0.29, 0.717) is 28.6 Å². The van der Waals surface area contributed by atoms with Gasteiger partial charge < -0.3 is 10.1 Å². The average Bonchev–Trinajstić information content (AvgIpc) is 3.17. The molecule has 0 aliphatic rings. The van der Waals surface area contributed by atoms with Crippen molar-refractivity contribution in [2.45, 2.75) is 6.92 Å². The van der Waals surface area contributed by atoms with Crippen molar-refractivity contribution in [2.75, 3.05) is 15.8 Å². The van der Waals surface area contributed by atoms with Gasteiger partial charge in [-0.15, -0.1) is 0 Å². The highest BCUT2D eigenvalue weighted by atomic mass is 32.2. The normalized spacial score (nSPS) is 11.2. The molecule has 11 heteroatoms. The Balaban J connectivity index is 1.77. The van der Waals surface area contributed by atoms with Crippen molar-refractivity contribution in [1.82, 2.24) is 20.2 Å². The molecule has 164 valence electrons. The molecule has 3 N–H and O–H groups in total. The molecule has 4 aromatic rings. The van der Waals surface area contributed by atoms with Crippen LogP contribution < -0.4 is 14.8 Å². The summed E-state index contributed by atoms with van der Waals surface area (Å²) in [6.07, 6.45) is 4.50. The number of anilines is 3. The minimum atomic E-state index is -3.63. The molecular formula is C21H19FN6O3S. The second-order valence-electron chi connectivity index (χ2n) is 6.60. The van der Waals surface area contributed by atoms with E-state index < -0.39 is 10.0 Å². The molecule has 0 atom stereocenters. The molecule has 2 aromatic carbocycles. The molecular weight excluding hydrogens is 435 g/mol. The maximum atomic E-state index is 13.2. The van der Waals surface area contributed by atoms with Gasteiger partial charge in [-0.05, 0) is 43.3 Å². The molecule has 0 amide bonds. The lowest BCUT2D eigenvalue weighted by Gasteiger charge is -2.13. The van der Waals surface area contributed by atoms with Crippen LogP contribution >= 0.6 is 0 Å². The number of hydrogen-bond acceptors (Lipinski definition) is 7. The van der Waals surface area contributed by atoms with Crippen LogP contribution in [-0.2, 0) is 10.0 Å². The molecule has 0 saturated heterocycles. The summed E-state index contributed by atoms with van der Waals surface area (Å²) in [6.45, 7) is 1.53. The number of nitrogens with zero attached hydrogens (tertiary/aromatic N) is 3. The largest absolute Gasteiger partial charge is 0.457 e. The fourth-order valence-corrected chi connectivity index (χ4v) is 3.49. The van der Waals surface area contributed by atoms with Gasteiger partial charge in [-0.2, -0.15) is 5.10 Å². The summed E-state index contributed by atoms with van der Waals surface area (Å²) in [7, 11) is -3.63. The van der Waals surface area contributed by atoms with Crippen LogP contribution in [0.4, 0.5) is 21.7 Å². The maximum absolute atomic E-state index is 13.2. The number of para-hydroxylation sites is 1. The van der Waals surface area contributed by atoms with E-state index in [1.54, 1.807) is 24.3 Å². The van der Waals surface area contributed by atoms with E-state index >= 15 is 0 Å². The van der Waals surface area contributed by atoms with Crippen molar-refractivity contribution in [3.63, 3.8) is 0 Å². The third kappa shape index (κ3) is 4.83. The Morgan fingerprint density at radius 2 is 1.88 bits per heavy atom. The van der Waals surface area contributed by atoms with Gasteiger partial charge in [0.2, 0.25) is 10.0 Å². The summed E-state index contributed by atoms with van der Waals surface area (Å²) in [5.41, 5.74) is 1.13. The Hall–Kier alpha value is -3.99. The maximum Gasteiger partial charge on any atom is 0.232 e. The molecule has 0 spiro atoms. The number of rotatable bonds is 8. The highest BCUT2D eigenvalue weighted by molar-refractivity contribution is 7.92. The first-order chi connectivity index (χ1) is 15.4. The molecule has 0 unspecified atom stereocenters. The Morgan fingerprint density at radius 3 is 2.59 bits per heavy atom. The molecule has 0 fully saturated rings. The first-order valence-corrected chi connectivity index (χ1v) is 11.2. The van der Waals surface area contributed by atoms with E-state index in [1.165, 1.54) is 49.8 Å². The lowest BCUT2D eigenvalue weighted by molar-refractivity contribution is 0.482. The lowest BCUT2D eigenvalue weighted by Crippen LogP contribution is -2.15. The number of H-pyrrole nitrogens is 1. The van der Waals surface area contributed by atoms with Gasteiger partial charge in [-0.3, -0.25) is 14.8 Å². The predicted octanol–water partition coefficient (Wildman–Crippen LogP) is 4.30. The Labute approximate surface area is 183 Å². The predicted molar refractivity (Wildman–Crippen MR) is 119 cm³/mol. The molecule has 0 saturated carbocycles. The number of sulfonamides is 1. The van der Waals surface area contributed by atoms with E-state index in [1.807, 2.05) is 0 Å². The van der Waals surface area contributed by atoms with Crippen LogP contribution in [-0.4, -0.2) is 34.3 Å². The number of ether oxygens (including phenoxy) is 1. The van der Waals surface area contributed by atoms with Gasteiger partial charge in [0.05, 0.1) is 17.6 Å². The van der Waals surface area contributed by atoms with Gasteiger partial charge in [0.1, 0.15) is 28.8 Å². The summed E-state index contributed by atoms with van der Waals surface area (Å²) >= 11 is 0. The SMILES string of the molecule is CCS(=O)(=O)Nc1c(Nc2cnccn2)n[nH]c1-c1ccccc1Oc1ccc(F)cc1. The third-order valence-electron chi connectivity index (χ3n) is 4.41. The minimum absolute atomic E-state index is 0.129. The zero-order chi connectivity index (χ0) is 22.6. The molecule has 4 rings (SSSR count). The first kappa shape index (κ1) is 21.2. The summed E-state index contributed by atoms with van der Waals surface area (Å²) in [5.74, 6) is 0.941. The average molecular weight is 454 g/mol. The van der Waals surface area contributed by atoms with Crippen LogP contribution in [0.15, 0.2) is 67.1 Å². The fraction of sp³-hybridized carbons (Fsp3) is 0.0952. The number of hydrogen-bond donors (Lipinski definition) is 3. The van der Waals surface area contributed by atoms with Crippen molar-refractivity contribution in [3.05, 3.63) is 72.9 Å². The first-order valence-electron chi connectivity index (χ1n) is 9.60. The van der Waals surface area contributed by atoms with Crippen LogP contribution in [0, 0.1) is 5.82 Å². The number of nitrogens with one attached hydrogen (secondary N) is 3. The highest BCUT2D eigenvalue weighted by Crippen LogP contribution is 2.40. The highest BCUT2D eigenvalue weighted by Gasteiger charge is 2.22. The standard InChI is InChI=1S/C21H19FN6O3S/c1-2-32(29,30)28-20-19(26-27-21(20)25-18-13-23-11-12-24-18)16-5-3-4-6-17(16)31-15-9-7-14(22)8-10-15/h3-13,28H,2H2,1H3,(H2,24,25,26,27). The van der Waals surface area contributed by atoms with Gasteiger partial charge in [-0.25, -0.2) is 17.8 Å². The number of aromatic nitrogens is 4. The zero-order valence-corrected chi connectivity index (χ0v) is 17.7. The molecule has 0 bridgehead atoms. The molecule has 0 radical (unpaired) electrons. The van der Waals surface area contributed by atoms with Crippen molar-refractivity contribution < 1.29 is 17.5 Å². The van der Waals surface area contributed by atoms with Gasteiger partial charge in [-0.1, -0.05) is 12.1 Å². The quantitative estimate of drug-likeness (QED) is 0.363. The second kappa shape index (κ2) is 9.02. The van der Waals surface area contributed by atoms with Gasteiger partial charge in [0, 0.05) is 18.0 Å². The third-order valence-corrected chi connectivity index (χ3v) is 5.69. The summed E-state index contributed by atoms with van der Waals surface area (Å²) in [5, 5.41) is 10.1. The van der Waals surface area contributed by atoms with E-state index in [-0.39, 0.29) is 23.1 Å². The molecule has 9 nitrogen and oxygen atoms in total. The summed E-state index contributed by atoms with van der Waals surface area (Å²) < 4.78 is 46.5. The molecule has 2 aromatic heterocycles. The van der Waals surface area contributed by atoms with Crippen LogP contribution in [0.3, 0.4) is 0 Å².